The summed E-state index contributed by atoms with van der Waals surface area (Å²) in [5.74, 6) is -15.4. The molecule has 6 aromatic rings. The molecule has 3 heterocycles. The van der Waals surface area contributed by atoms with Crippen LogP contribution in [0.25, 0.3) is 10.8 Å². The van der Waals surface area contributed by atoms with Gasteiger partial charge in [-0.15, -0.1) is 11.8 Å². The summed E-state index contributed by atoms with van der Waals surface area (Å²) in [4.78, 5) is 216. The van der Waals surface area contributed by atoms with E-state index < -0.39 is 187 Å². The quantitative estimate of drug-likeness (QED) is 0.0162. The molecule has 0 radical (unpaired) electrons. The Morgan fingerprint density at radius 1 is 0.534 bits per heavy atom. The predicted molar refractivity (Wildman–Crippen MR) is 424 cm³/mol. The molecule has 40 nitrogen and oxygen atoms in total. The van der Waals surface area contributed by atoms with E-state index in [9.17, 15) is 63.0 Å². The van der Waals surface area contributed by atoms with Crippen molar-refractivity contribution in [2.45, 2.75) is 145 Å². The van der Waals surface area contributed by atoms with Crippen molar-refractivity contribution in [3.05, 3.63) is 150 Å². The molecule has 26 N–H and O–H groups in total. The van der Waals surface area contributed by atoms with Gasteiger partial charge in [0.1, 0.15) is 72.2 Å². The number of carbonyl (C=O) groups is 14. The first-order valence-electron chi connectivity index (χ1n) is 37.2. The van der Waals surface area contributed by atoms with Crippen LogP contribution in [0.1, 0.15) is 74.0 Å². The standard InChI is InChI=1S/C75H100N24O16S/c1-4-50-66(108)95-54(29-45-17-10-16-44-15-8-9-18-49(44)45)69(111)96-55(30-46-32-81-39-87-46)64(106)86-35-61(103)91-57(36-100)71(113)94-52(20-12-26-84-75(79)80)73(115)99(3)59(28-43-21-23-48(101)24-22-43)72(114)97-56(31-47-33-82-40-88-47)70(112)93-51(19-11-25-83-74(77)78)67(109)89-41(2)63(105)98-58(65(107)85-34-60(76)102)37-116-38-62(104)90-53(68(110)92-50)27-42-13-6-5-7-14-42/h5-10,13-18,21-24,32-33,39-41,50-59,100-101H,4,11-12,19-20,25-31,34-38H2,1-3H3,(H2,76,102)(H,81,87)(H,82,88)(H,85,107)(H,86,106)(H,89,109)(H,90,104)(H,91,103)(H,92,110)(H,93,112)(H,94,113)(H,95,108)(H,96,111)(H,97,114)(H,98,105)(H4,77,78,83)(H4,79,80,84)/t41-,50-,51-,52-,53-,54-,55-,56-,57-,58-,59-/m0/s1. The number of imidazole rings is 2. The number of thioether (sulfide) groups is 1. The van der Waals surface area contributed by atoms with Crippen LogP contribution >= 0.6 is 11.8 Å². The Hall–Kier alpha value is -13.2. The van der Waals surface area contributed by atoms with Gasteiger partial charge in [0.05, 0.1) is 49.5 Å². The van der Waals surface area contributed by atoms with Crippen molar-refractivity contribution in [2.24, 2.45) is 17.2 Å². The zero-order valence-corrected chi connectivity index (χ0v) is 64.8. The maximum Gasteiger partial charge on any atom is 0.245 e. The fraction of sp³-hybridized carbons (Fsp3) is 0.413. The molecule has 0 spiro atoms. The molecule has 0 aliphatic carbocycles. The van der Waals surface area contributed by atoms with Crippen molar-refractivity contribution in [1.29, 1.82) is 10.8 Å². The van der Waals surface area contributed by atoms with E-state index in [1.165, 1.54) is 63.3 Å². The van der Waals surface area contributed by atoms with Crippen LogP contribution < -0.4 is 91.6 Å². The van der Waals surface area contributed by atoms with E-state index in [-0.39, 0.29) is 100 Å². The Kier molecular flexibility index (Phi) is 35.3. The zero-order chi connectivity index (χ0) is 84.4. The number of phenolic OH excluding ortho intramolecular Hbond substituents is 1. The number of nitrogens with two attached hydrogens (primary N) is 3. The Bertz CT molecular complexity index is 4400. The number of aromatic amines is 2. The first-order chi connectivity index (χ1) is 55.5. The molecule has 622 valence electrons. The summed E-state index contributed by atoms with van der Waals surface area (Å²) in [5.41, 5.74) is 18.4. The normalized spacial score (nSPS) is 22.2. The number of phenols is 1. The second-order valence-electron chi connectivity index (χ2n) is 27.3. The van der Waals surface area contributed by atoms with Gasteiger partial charge in [0, 0.05) is 70.4 Å². The number of aromatic nitrogens is 4. The fourth-order valence-corrected chi connectivity index (χ4v) is 13.1. The van der Waals surface area contributed by atoms with Crippen molar-refractivity contribution < 1.29 is 77.3 Å². The van der Waals surface area contributed by atoms with E-state index in [2.05, 4.69) is 94.4 Å². The van der Waals surface area contributed by atoms with Crippen LogP contribution in [-0.2, 0) is 99.2 Å². The summed E-state index contributed by atoms with van der Waals surface area (Å²) in [6.07, 6.45) is 3.59. The summed E-state index contributed by atoms with van der Waals surface area (Å²) >= 11 is 0.803. The Labute approximate surface area is 670 Å². The van der Waals surface area contributed by atoms with Gasteiger partial charge in [-0.25, -0.2) is 9.97 Å². The van der Waals surface area contributed by atoms with E-state index in [1.54, 1.807) is 61.5 Å². The number of aromatic hydroxyl groups is 1. The SMILES string of the molecule is CC[C@@H]1NC(=O)[C@H](Cc2ccccc2)NC(=O)CSC[C@@H](C(=O)NCC(N)=O)NC(=O)[C@H](C)NC(=O)[C@H](CCCNC(=N)N)NC(=O)[C@H](Cc2c[nH]cn2)NC(=O)[C@H](Cc2ccc(O)cc2)N(C)C(=O)[C@H](CCCNC(=N)N)NC(=O)[C@H](CO)NC(=O)CNC(=O)[C@H](Cc2c[nH]cn2)NC(=O)[C@H](Cc2cccc3ccccc23)NC1=O. The molecule has 1 fully saturated rings. The number of carbonyl (C=O) groups excluding carboxylic acids is 14. The van der Waals surface area contributed by atoms with Gasteiger partial charge in [-0.05, 0) is 78.6 Å². The van der Waals surface area contributed by atoms with Gasteiger partial charge in [0.15, 0.2) is 11.9 Å². The van der Waals surface area contributed by atoms with Gasteiger partial charge in [0.2, 0.25) is 82.7 Å². The van der Waals surface area contributed by atoms with Gasteiger partial charge in [0.25, 0.3) is 0 Å². The van der Waals surface area contributed by atoms with Crippen LogP contribution in [0.4, 0.5) is 0 Å². The van der Waals surface area contributed by atoms with Gasteiger partial charge in [-0.3, -0.25) is 77.9 Å². The average molecular weight is 1630 g/mol. The highest BCUT2D eigenvalue weighted by Crippen LogP contribution is 2.22. The molecule has 1 aliphatic heterocycles. The molecule has 2 aromatic heterocycles. The van der Waals surface area contributed by atoms with Crippen molar-refractivity contribution in [2.75, 3.05) is 51.3 Å². The number of likely N-dealkylation sites (N-methyl/N-ethyl adjacent to an activating group) is 1. The van der Waals surface area contributed by atoms with Crippen molar-refractivity contribution >= 4 is 117 Å². The number of primary amides is 1. The topological polar surface area (TPSA) is 634 Å². The average Bonchev–Trinajstić information content (AvgIpc) is 0.975. The Morgan fingerprint density at radius 3 is 1.64 bits per heavy atom. The number of aliphatic hydroxyl groups excluding tert-OH is 1. The number of guanidine groups is 2. The number of nitrogens with one attached hydrogen (secondary N) is 18. The highest BCUT2D eigenvalue weighted by molar-refractivity contribution is 8.00. The number of benzene rings is 4. The van der Waals surface area contributed by atoms with Crippen LogP contribution in [0.15, 0.2) is 122 Å². The molecule has 4 aromatic carbocycles. The van der Waals surface area contributed by atoms with Crippen molar-refractivity contribution in [3.63, 3.8) is 0 Å². The molecule has 14 amide bonds. The Morgan fingerprint density at radius 2 is 1.04 bits per heavy atom. The highest BCUT2D eigenvalue weighted by atomic mass is 32.2. The number of fused-ring (bicyclic) bond motifs is 1. The van der Waals surface area contributed by atoms with Crippen LogP contribution in [0, 0.1) is 10.8 Å². The molecule has 11 atom stereocenters. The molecule has 1 aliphatic rings. The number of amides is 14. The number of rotatable bonds is 23. The van der Waals surface area contributed by atoms with Crippen LogP contribution in [0.3, 0.4) is 0 Å². The minimum absolute atomic E-state index is 0.00601. The zero-order valence-electron chi connectivity index (χ0n) is 64.0. The van der Waals surface area contributed by atoms with Gasteiger partial charge in [-0.2, -0.15) is 0 Å². The largest absolute Gasteiger partial charge is 0.508 e. The molecular formula is C75H100N24O16S. The Balaban J connectivity index is 1.27. The third-order valence-electron chi connectivity index (χ3n) is 18.4. The van der Waals surface area contributed by atoms with Crippen molar-refractivity contribution in [1.82, 2.24) is 99.3 Å². The third kappa shape index (κ3) is 29.1. The maximum atomic E-state index is 15.2. The number of aliphatic hydroxyl groups is 1. The maximum absolute atomic E-state index is 15.2. The van der Waals surface area contributed by atoms with E-state index in [0.29, 0.717) is 22.1 Å². The molecule has 0 saturated carbocycles. The molecule has 7 rings (SSSR count). The lowest BCUT2D eigenvalue weighted by Crippen LogP contribution is -2.61. The van der Waals surface area contributed by atoms with E-state index in [1.807, 2.05) is 18.2 Å². The van der Waals surface area contributed by atoms with Crippen LogP contribution in [0.2, 0.25) is 0 Å². The van der Waals surface area contributed by atoms with Gasteiger partial charge in [-0.1, -0.05) is 91.9 Å². The van der Waals surface area contributed by atoms with Gasteiger partial charge < -0.3 is 117 Å². The number of nitrogens with zero attached hydrogens (tertiary/aromatic N) is 3. The second kappa shape index (κ2) is 45.5. The lowest BCUT2D eigenvalue weighted by atomic mass is 9.97. The summed E-state index contributed by atoms with van der Waals surface area (Å²) in [7, 11) is 1.21. The molecular weight excluding hydrogens is 1530 g/mol. The number of H-pyrrole nitrogens is 2. The van der Waals surface area contributed by atoms with Gasteiger partial charge >= 0.3 is 0 Å². The van der Waals surface area contributed by atoms with E-state index in [0.717, 1.165) is 22.0 Å². The fourth-order valence-electron chi connectivity index (χ4n) is 12.2. The predicted octanol–water partition coefficient (Wildman–Crippen LogP) is -5.41. The lowest BCUT2D eigenvalue weighted by molar-refractivity contribution is -0.143. The molecule has 0 unspecified atom stereocenters. The van der Waals surface area contributed by atoms with Crippen LogP contribution in [0.5, 0.6) is 5.75 Å². The molecule has 1 saturated heterocycles. The highest BCUT2D eigenvalue weighted by Gasteiger charge is 2.39. The lowest BCUT2D eigenvalue weighted by Gasteiger charge is -2.33. The van der Waals surface area contributed by atoms with Crippen molar-refractivity contribution in [3.8, 4) is 5.75 Å². The van der Waals surface area contributed by atoms with Crippen LogP contribution in [-0.4, -0.2) is 247 Å². The first-order valence-corrected chi connectivity index (χ1v) is 38.3. The van der Waals surface area contributed by atoms with E-state index in [4.69, 9.17) is 28.0 Å². The second-order valence-corrected chi connectivity index (χ2v) is 28.3. The molecule has 0 bridgehead atoms. The minimum Gasteiger partial charge on any atom is -0.508 e. The summed E-state index contributed by atoms with van der Waals surface area (Å²) in [6, 6.07) is 9.37. The first kappa shape index (κ1) is 90.0. The summed E-state index contributed by atoms with van der Waals surface area (Å²) < 4.78 is 0. The van der Waals surface area contributed by atoms with E-state index >= 15 is 14.4 Å². The molecule has 116 heavy (non-hydrogen) atoms. The monoisotopic (exact) mass is 1620 g/mol. The number of hydrogen-bond donors (Lipinski definition) is 23. The minimum atomic E-state index is -1.84. The molecule has 41 heteroatoms. The third-order valence-corrected chi connectivity index (χ3v) is 19.4. The number of hydrogen-bond acceptors (Lipinski definition) is 21. The summed E-state index contributed by atoms with van der Waals surface area (Å²) in [5, 5.41) is 73.9. The smallest absolute Gasteiger partial charge is 0.245 e. The summed E-state index contributed by atoms with van der Waals surface area (Å²) in [6.45, 7) is 0.0952.